The lowest BCUT2D eigenvalue weighted by Gasteiger charge is -2.29. The number of nitrogens with one attached hydrogen (secondary N) is 1. The minimum absolute atomic E-state index is 0. The first-order valence-electron chi connectivity index (χ1n) is 5.26. The Bertz CT molecular complexity index is 170. The summed E-state index contributed by atoms with van der Waals surface area (Å²) in [5.74, 6) is -0.148. The van der Waals surface area contributed by atoms with Crippen LogP contribution < -0.4 is 28.9 Å². The SMILES string of the molecule is CCC(OC(C)=O)[NH+]1CCCCC1.[I-]. The van der Waals surface area contributed by atoms with Gasteiger partial charge in [-0.2, -0.15) is 0 Å². The Hall–Kier alpha value is 0.160. The molecular formula is C10H20INO2. The Kier molecular flexibility index (Phi) is 7.54. The summed E-state index contributed by atoms with van der Waals surface area (Å²) in [7, 11) is 0. The third kappa shape index (κ3) is 4.59. The molecule has 1 heterocycles. The van der Waals surface area contributed by atoms with E-state index in [1.165, 1.54) is 31.1 Å². The van der Waals surface area contributed by atoms with E-state index in [-0.39, 0.29) is 36.2 Å². The molecule has 1 fully saturated rings. The van der Waals surface area contributed by atoms with E-state index in [1.54, 1.807) is 0 Å². The van der Waals surface area contributed by atoms with E-state index in [9.17, 15) is 4.79 Å². The fourth-order valence-corrected chi connectivity index (χ4v) is 1.98. The van der Waals surface area contributed by atoms with Gasteiger partial charge in [-0.25, -0.2) is 0 Å². The number of halogens is 1. The highest BCUT2D eigenvalue weighted by Crippen LogP contribution is 1.98. The van der Waals surface area contributed by atoms with E-state index in [0.717, 1.165) is 19.5 Å². The summed E-state index contributed by atoms with van der Waals surface area (Å²) in [6, 6.07) is 0. The summed E-state index contributed by atoms with van der Waals surface area (Å²) >= 11 is 0. The van der Waals surface area contributed by atoms with Crippen LogP contribution in [-0.2, 0) is 9.53 Å². The highest BCUT2D eigenvalue weighted by atomic mass is 127. The highest BCUT2D eigenvalue weighted by Gasteiger charge is 2.24. The van der Waals surface area contributed by atoms with E-state index >= 15 is 0 Å². The summed E-state index contributed by atoms with van der Waals surface area (Å²) in [6.45, 7) is 5.89. The number of piperidine rings is 1. The summed E-state index contributed by atoms with van der Waals surface area (Å²) in [5, 5.41) is 0. The lowest BCUT2D eigenvalue weighted by Crippen LogP contribution is -3.16. The largest absolute Gasteiger partial charge is 1.00 e. The maximum Gasteiger partial charge on any atom is 0.307 e. The van der Waals surface area contributed by atoms with Crippen LogP contribution in [-0.4, -0.2) is 25.3 Å². The van der Waals surface area contributed by atoms with Gasteiger partial charge in [0.2, 0.25) is 6.23 Å². The first-order valence-corrected chi connectivity index (χ1v) is 5.26. The van der Waals surface area contributed by atoms with Gasteiger partial charge in [0.25, 0.3) is 0 Å². The van der Waals surface area contributed by atoms with Crippen LogP contribution in [0.1, 0.15) is 39.5 Å². The molecule has 1 saturated heterocycles. The van der Waals surface area contributed by atoms with Crippen molar-refractivity contribution < 1.29 is 38.4 Å². The Morgan fingerprint density at radius 3 is 2.36 bits per heavy atom. The maximum atomic E-state index is 10.8. The zero-order valence-electron chi connectivity index (χ0n) is 9.01. The standard InChI is InChI=1S/C10H19NO2.HI/c1-3-10(13-9(2)12)11-7-5-4-6-8-11;/h10H,3-8H2,1-2H3;1H. The second kappa shape index (κ2) is 7.45. The van der Waals surface area contributed by atoms with Gasteiger partial charge in [0.05, 0.1) is 13.1 Å². The Labute approximate surface area is 103 Å². The van der Waals surface area contributed by atoms with Crippen molar-refractivity contribution in [2.24, 2.45) is 0 Å². The van der Waals surface area contributed by atoms with Crippen LogP contribution in [0.5, 0.6) is 0 Å². The van der Waals surface area contributed by atoms with Crippen LogP contribution in [0, 0.1) is 0 Å². The van der Waals surface area contributed by atoms with Crippen molar-refractivity contribution in [3.05, 3.63) is 0 Å². The topological polar surface area (TPSA) is 30.7 Å². The number of carbonyl (C=O) groups excluding carboxylic acids is 1. The summed E-state index contributed by atoms with van der Waals surface area (Å²) in [5.41, 5.74) is 0. The van der Waals surface area contributed by atoms with Crippen LogP contribution in [0.15, 0.2) is 0 Å². The number of ether oxygens (including phenoxy) is 1. The average Bonchev–Trinajstić information content (AvgIpc) is 2.15. The van der Waals surface area contributed by atoms with Crippen LogP contribution in [0.4, 0.5) is 0 Å². The molecule has 1 aliphatic rings. The second-order valence-corrected chi connectivity index (χ2v) is 3.73. The molecule has 1 rings (SSSR count). The smallest absolute Gasteiger partial charge is 0.307 e. The normalized spacial score (nSPS) is 19.6. The lowest BCUT2D eigenvalue weighted by molar-refractivity contribution is -0.950. The molecule has 0 aromatic rings. The van der Waals surface area contributed by atoms with Gasteiger partial charge < -0.3 is 28.7 Å². The number of quaternary nitrogens is 1. The number of hydrogen-bond acceptors (Lipinski definition) is 2. The number of carbonyl (C=O) groups is 1. The molecule has 1 N–H and O–H groups in total. The minimum atomic E-state index is -0.148. The maximum absolute atomic E-state index is 10.8. The first-order chi connectivity index (χ1) is 6.24. The average molecular weight is 313 g/mol. The molecule has 0 aromatic carbocycles. The molecule has 0 aliphatic carbocycles. The fraction of sp³-hybridized carbons (Fsp3) is 0.900. The van der Waals surface area contributed by atoms with Crippen molar-refractivity contribution in [3.63, 3.8) is 0 Å². The quantitative estimate of drug-likeness (QED) is 0.456. The van der Waals surface area contributed by atoms with Crippen LogP contribution >= 0.6 is 0 Å². The second-order valence-electron chi connectivity index (χ2n) is 3.73. The van der Waals surface area contributed by atoms with E-state index in [1.807, 2.05) is 0 Å². The number of esters is 1. The molecule has 84 valence electrons. The van der Waals surface area contributed by atoms with Gasteiger partial charge in [-0.15, -0.1) is 0 Å². The highest BCUT2D eigenvalue weighted by molar-refractivity contribution is 5.65. The summed E-state index contributed by atoms with van der Waals surface area (Å²) < 4.78 is 5.26. The Balaban J connectivity index is 0.00000169. The molecule has 1 unspecified atom stereocenters. The van der Waals surface area contributed by atoms with Crippen molar-refractivity contribution in [2.45, 2.75) is 45.8 Å². The number of hydrogen-bond donors (Lipinski definition) is 1. The predicted molar refractivity (Wildman–Crippen MR) is 50.4 cm³/mol. The monoisotopic (exact) mass is 313 g/mol. The van der Waals surface area contributed by atoms with E-state index in [0.29, 0.717) is 0 Å². The molecule has 0 spiro atoms. The molecule has 1 aliphatic heterocycles. The van der Waals surface area contributed by atoms with Gasteiger partial charge in [-0.05, 0) is 19.3 Å². The van der Waals surface area contributed by atoms with Gasteiger partial charge in [0.15, 0.2) is 0 Å². The van der Waals surface area contributed by atoms with Crippen molar-refractivity contribution in [3.8, 4) is 0 Å². The molecule has 1 atom stereocenters. The predicted octanol–water partition coefficient (Wildman–Crippen LogP) is -2.64. The Morgan fingerprint density at radius 2 is 1.93 bits per heavy atom. The molecule has 14 heavy (non-hydrogen) atoms. The van der Waals surface area contributed by atoms with Crippen molar-refractivity contribution in [1.29, 1.82) is 0 Å². The first kappa shape index (κ1) is 14.2. The third-order valence-corrected chi connectivity index (χ3v) is 2.63. The van der Waals surface area contributed by atoms with Crippen molar-refractivity contribution >= 4 is 5.97 Å². The molecule has 0 radical (unpaired) electrons. The number of likely N-dealkylation sites (tertiary alicyclic amines) is 1. The lowest BCUT2D eigenvalue weighted by atomic mass is 10.1. The molecule has 0 aromatic heterocycles. The molecular weight excluding hydrogens is 293 g/mol. The van der Waals surface area contributed by atoms with Gasteiger partial charge in [-0.3, -0.25) is 9.69 Å². The van der Waals surface area contributed by atoms with Crippen LogP contribution in [0.3, 0.4) is 0 Å². The van der Waals surface area contributed by atoms with Gasteiger partial charge >= 0.3 is 5.97 Å². The zero-order valence-corrected chi connectivity index (χ0v) is 11.2. The van der Waals surface area contributed by atoms with E-state index < -0.39 is 0 Å². The molecule has 0 bridgehead atoms. The van der Waals surface area contributed by atoms with Crippen LogP contribution in [0.2, 0.25) is 0 Å². The van der Waals surface area contributed by atoms with Gasteiger partial charge in [0, 0.05) is 13.3 Å². The van der Waals surface area contributed by atoms with E-state index in [4.69, 9.17) is 4.74 Å². The Morgan fingerprint density at radius 1 is 1.36 bits per heavy atom. The summed E-state index contributed by atoms with van der Waals surface area (Å²) in [6.07, 6.45) is 4.90. The van der Waals surface area contributed by atoms with E-state index in [2.05, 4.69) is 6.92 Å². The third-order valence-electron chi connectivity index (χ3n) is 2.63. The van der Waals surface area contributed by atoms with Crippen molar-refractivity contribution in [1.82, 2.24) is 0 Å². The fourth-order valence-electron chi connectivity index (χ4n) is 1.98. The minimum Gasteiger partial charge on any atom is -1.00 e. The molecule has 0 saturated carbocycles. The number of rotatable bonds is 3. The van der Waals surface area contributed by atoms with Gasteiger partial charge in [-0.1, -0.05) is 6.92 Å². The molecule has 3 nitrogen and oxygen atoms in total. The molecule has 4 heteroatoms. The summed E-state index contributed by atoms with van der Waals surface area (Å²) in [4.78, 5) is 12.3. The zero-order chi connectivity index (χ0) is 9.68. The van der Waals surface area contributed by atoms with Gasteiger partial charge in [0.1, 0.15) is 0 Å². The van der Waals surface area contributed by atoms with Crippen LogP contribution in [0.25, 0.3) is 0 Å². The molecule has 0 amide bonds. The van der Waals surface area contributed by atoms with Crippen molar-refractivity contribution in [2.75, 3.05) is 13.1 Å².